The maximum atomic E-state index is 4.55. The van der Waals surface area contributed by atoms with Gasteiger partial charge in [0.15, 0.2) is 0 Å². The molecule has 117 heavy (non-hydrogen) atoms. The molecule has 0 aliphatic heterocycles. The third kappa shape index (κ3) is 51.1. The van der Waals surface area contributed by atoms with Crippen LogP contribution in [-0.2, 0) is 16.2 Å². The molecule has 0 atom stereocenters. The summed E-state index contributed by atoms with van der Waals surface area (Å²) in [6.45, 7) is 131. The van der Waals surface area contributed by atoms with E-state index in [4.69, 9.17) is 0 Å². The van der Waals surface area contributed by atoms with E-state index in [1.165, 1.54) is 34.4 Å². The van der Waals surface area contributed by atoms with Gasteiger partial charge in [0.2, 0.25) is 0 Å². The molecule has 0 saturated carbocycles. The summed E-state index contributed by atoms with van der Waals surface area (Å²) in [6, 6.07) is 38.2. The summed E-state index contributed by atoms with van der Waals surface area (Å²) in [4.78, 5) is 17.4. The minimum Gasteiger partial charge on any atom is -0.391 e. The Morgan fingerprint density at radius 1 is 0.265 bits per heavy atom. The van der Waals surface area contributed by atoms with Gasteiger partial charge >= 0.3 is 308 Å². The van der Waals surface area contributed by atoms with Crippen LogP contribution in [0.2, 0.25) is 0 Å². The quantitative estimate of drug-likeness (QED) is 0.123. The fraction of sp³-hybridized carbons (Fsp3) is 0.617. The second kappa shape index (κ2) is 69.0. The standard InChI is InChI=1S/2C16H24.4C15H23N.6C2H6.3CH4.6K/c1-14(2,3)16(7,15(4,5)6)13-11-9-8-10-12-13;1-12-10-8-9-11-13(12)14(15(2,3)4)16(5,6)7;1-11-8-9-16-10-12(11)13(14(2,3)4)15(5,6)7;1-13(2,3)15(7,14(4,5)6)12-9-8-10-16-11-12;1-13(2,3)15(7,14(4,5)6)12-10-8-9-11-16-12;1-11-9-8-10-16-12(11)13(14(2,3)4)15(5,6)7;6*1-2;;;;;;;;;/h8-11H,7H2,1-6H3;8-11H,1H2,2-7H3;8-10H,1H2,2-7H3;8,10-11H,7H2,1-6H3;8-9,11H,7H2,1-6H3;8-10H,1H2,2-7H3;6*1-2H3;3*1H4;;;;;;/q6*-2;;;;;;;;;;6*+1. The van der Waals surface area contributed by atoms with E-state index in [1.54, 1.807) is 12.4 Å². The van der Waals surface area contributed by atoms with Crippen LogP contribution in [0.25, 0.3) is 0 Å². The van der Waals surface area contributed by atoms with Gasteiger partial charge in [-0.15, -0.1) is 40.6 Å². The third-order valence-corrected chi connectivity index (χ3v) is 19.0. The molecule has 2 aromatic carbocycles. The number of nitrogens with zero attached hydrogens (tertiary/aromatic N) is 4. The van der Waals surface area contributed by atoms with Gasteiger partial charge in [-0.1, -0.05) is 450 Å². The first-order chi connectivity index (χ1) is 48.7. The second-order valence-electron chi connectivity index (χ2n) is 39.1. The SMILES string of the molecule is C.C.C.CC.CC.CC.CC.CC.CC.[CH2-]C(c1[c-]cccc1)(C(C)(C)C)C(C)(C)C.[CH2-]C(c1[c-]cccn1)(C(C)(C)C)C(C)(C)C.[CH2-]C(c1[c-]ccnc1)(C(C)(C)C)C(C)(C)C.[CH2-]c1ccccc1[C-](C(C)(C)C)C(C)(C)C.[CH2-]c1cccnc1[C-](C(C)(C)C)C(C)(C)C.[CH2-]c1ccncc1[C-](C(C)(C)C)C(C)(C)C.[K+].[K+].[K+].[K+].[K+].[K+]. The van der Waals surface area contributed by atoms with Gasteiger partial charge in [0.1, 0.15) is 0 Å². The summed E-state index contributed by atoms with van der Waals surface area (Å²) < 4.78 is 0. The number of benzene rings is 2. The van der Waals surface area contributed by atoms with Crippen molar-refractivity contribution in [1.82, 2.24) is 19.9 Å². The van der Waals surface area contributed by atoms with Gasteiger partial charge in [0.05, 0.1) is 0 Å². The number of hydrogen-bond acceptors (Lipinski definition) is 4. The van der Waals surface area contributed by atoms with Gasteiger partial charge in [0, 0.05) is 0 Å². The monoisotopic (exact) mass is 1760 g/mol. The minimum absolute atomic E-state index is 0. The zero-order chi connectivity index (χ0) is 87.5. The van der Waals surface area contributed by atoms with Crippen molar-refractivity contribution in [2.24, 2.45) is 65.0 Å². The van der Waals surface area contributed by atoms with Gasteiger partial charge in [-0.05, 0) is 6.20 Å². The molecule has 0 aliphatic rings. The van der Waals surface area contributed by atoms with Gasteiger partial charge < -0.3 is 46.3 Å². The maximum absolute atomic E-state index is 4.55. The van der Waals surface area contributed by atoms with Crippen LogP contribution >= 0.6 is 0 Å². The van der Waals surface area contributed by atoms with E-state index in [-0.39, 0.29) is 412 Å². The van der Waals surface area contributed by atoms with Crippen LogP contribution in [0.1, 0.15) is 405 Å². The zero-order valence-electron chi connectivity index (χ0n) is 86.6. The van der Waals surface area contributed by atoms with E-state index in [0.29, 0.717) is 0 Å². The Kier molecular flexibility index (Phi) is 91.5. The van der Waals surface area contributed by atoms with Crippen molar-refractivity contribution in [3.63, 3.8) is 0 Å². The summed E-state index contributed by atoms with van der Waals surface area (Å²) in [6.07, 6.45) is 11.1. The van der Waals surface area contributed by atoms with Gasteiger partial charge in [-0.2, -0.15) is 59.7 Å². The summed E-state index contributed by atoms with van der Waals surface area (Å²) in [5.74, 6) is 4.26. The number of aromatic nitrogens is 4. The zero-order valence-corrected chi connectivity index (χ0v) is 105. The molecule has 648 valence electrons. The smallest absolute Gasteiger partial charge is 0.391 e. The Labute approximate surface area is 995 Å². The molecule has 4 nitrogen and oxygen atoms in total. The van der Waals surface area contributed by atoms with Crippen molar-refractivity contribution in [2.45, 2.75) is 371 Å². The van der Waals surface area contributed by atoms with Gasteiger partial charge in [-0.25, -0.2) is 59.8 Å². The van der Waals surface area contributed by atoms with Crippen LogP contribution in [0.4, 0.5) is 0 Å². The van der Waals surface area contributed by atoms with E-state index >= 15 is 0 Å². The van der Waals surface area contributed by atoms with Crippen molar-refractivity contribution < 1.29 is 308 Å². The van der Waals surface area contributed by atoms with Crippen molar-refractivity contribution in [3.05, 3.63) is 250 Å². The predicted molar refractivity (Wildman–Crippen MR) is 510 cm³/mol. The normalized spacial score (nSPS) is 11.2. The molecule has 6 aromatic rings. The van der Waals surface area contributed by atoms with E-state index in [0.717, 1.165) is 33.6 Å². The molecule has 0 bridgehead atoms. The summed E-state index contributed by atoms with van der Waals surface area (Å²) in [5.41, 5.74) is 10.7. The fourth-order valence-electron chi connectivity index (χ4n) is 15.3. The molecule has 0 fully saturated rings. The third-order valence-electron chi connectivity index (χ3n) is 19.0. The predicted octanol–water partition coefficient (Wildman–Crippen LogP) is 16.3. The first-order valence-corrected chi connectivity index (χ1v) is 41.0. The van der Waals surface area contributed by atoms with Crippen LogP contribution in [-0.4, -0.2) is 19.9 Å². The number of pyridine rings is 4. The first kappa shape index (κ1) is 155. The molecular weight excluding hydrogens is 1580 g/mol. The van der Waals surface area contributed by atoms with E-state index < -0.39 is 0 Å². The molecule has 0 N–H and O–H groups in total. The molecule has 6 rings (SSSR count). The Balaban J connectivity index is -0.0000000787. The van der Waals surface area contributed by atoms with Crippen LogP contribution in [0.3, 0.4) is 0 Å². The van der Waals surface area contributed by atoms with Crippen LogP contribution in [0.5, 0.6) is 0 Å². The summed E-state index contributed by atoms with van der Waals surface area (Å²) in [5, 5.41) is 0. The number of rotatable bonds is 6. The second-order valence-corrected chi connectivity index (χ2v) is 39.1. The topological polar surface area (TPSA) is 51.6 Å². The van der Waals surface area contributed by atoms with Crippen molar-refractivity contribution in [2.75, 3.05) is 0 Å². The molecule has 10 heteroatoms. The van der Waals surface area contributed by atoms with Gasteiger partial charge in [-0.3, -0.25) is 43.0 Å². The molecule has 4 aromatic heterocycles. The molecule has 0 spiro atoms. The van der Waals surface area contributed by atoms with E-state index in [9.17, 15) is 0 Å². The van der Waals surface area contributed by atoms with Crippen LogP contribution < -0.4 is 308 Å². The van der Waals surface area contributed by atoms with Gasteiger partial charge in [0.25, 0.3) is 0 Å². The minimum atomic E-state index is -0.249. The molecular formula is C107H188K6N4-6. The fourth-order valence-corrected chi connectivity index (χ4v) is 15.3. The summed E-state index contributed by atoms with van der Waals surface area (Å²) in [7, 11) is 0. The largest absolute Gasteiger partial charge is 1.00 e. The molecule has 0 saturated heterocycles. The Hall–Kier alpha value is 4.08. The van der Waals surface area contributed by atoms with Crippen molar-refractivity contribution >= 4 is 0 Å². The molecule has 0 aliphatic carbocycles. The first-order valence-electron chi connectivity index (χ1n) is 41.0. The maximum Gasteiger partial charge on any atom is 1.00 e. The Morgan fingerprint density at radius 3 is 0.838 bits per heavy atom. The molecule has 4 heterocycles. The molecule has 0 unspecified atom stereocenters. The van der Waals surface area contributed by atoms with Crippen LogP contribution in [0.15, 0.2) is 122 Å². The molecule has 0 amide bonds. The van der Waals surface area contributed by atoms with E-state index in [1.807, 2.05) is 156 Å². The van der Waals surface area contributed by atoms with Crippen molar-refractivity contribution in [3.8, 4) is 0 Å². The Morgan fingerprint density at radius 2 is 0.556 bits per heavy atom. The number of hydrogen-bond donors (Lipinski definition) is 0. The average molecular weight is 1770 g/mol. The Bertz CT molecular complexity index is 2800. The molecule has 0 radical (unpaired) electrons. The summed E-state index contributed by atoms with van der Waals surface area (Å²) >= 11 is 0. The van der Waals surface area contributed by atoms with E-state index in [2.05, 4.69) is 365 Å². The van der Waals surface area contributed by atoms with Crippen molar-refractivity contribution in [1.29, 1.82) is 0 Å². The van der Waals surface area contributed by atoms with Crippen LogP contribution in [0, 0.1) is 142 Å². The average Bonchev–Trinajstić information content (AvgIpc) is 0.755.